The molecule has 8 heavy (non-hydrogen) atoms. The summed E-state index contributed by atoms with van der Waals surface area (Å²) in [5.74, 6) is 0. The van der Waals surface area contributed by atoms with Gasteiger partial charge in [-0.25, -0.2) is 5.32 Å². The SMILES string of the molecule is CC1[CH][N]CC(C)N1. The van der Waals surface area contributed by atoms with Gasteiger partial charge in [-0.3, -0.25) is 0 Å². The molecular formula is C6H12N2. The van der Waals surface area contributed by atoms with Crippen LogP contribution in [0.1, 0.15) is 13.8 Å². The fourth-order valence-corrected chi connectivity index (χ4v) is 0.922. The molecule has 2 radical (unpaired) electrons. The zero-order valence-electron chi connectivity index (χ0n) is 5.39. The molecule has 1 aliphatic heterocycles. The Labute approximate surface area is 50.7 Å². The zero-order chi connectivity index (χ0) is 5.98. The first-order valence-electron chi connectivity index (χ1n) is 3.05. The minimum absolute atomic E-state index is 0.471. The number of piperazine rings is 1. The van der Waals surface area contributed by atoms with Crippen molar-refractivity contribution in [2.24, 2.45) is 0 Å². The first-order chi connectivity index (χ1) is 3.79. The quantitative estimate of drug-likeness (QED) is 0.473. The molecule has 0 aromatic rings. The Bertz CT molecular complexity index is 64.9. The van der Waals surface area contributed by atoms with E-state index >= 15 is 0 Å². The van der Waals surface area contributed by atoms with Gasteiger partial charge in [-0.15, -0.1) is 0 Å². The smallest absolute Gasteiger partial charge is 0.0581 e. The highest BCUT2D eigenvalue weighted by molar-refractivity contribution is 4.85. The van der Waals surface area contributed by atoms with Gasteiger partial charge in [0.15, 0.2) is 0 Å². The van der Waals surface area contributed by atoms with Gasteiger partial charge in [0.2, 0.25) is 0 Å². The average Bonchev–Trinajstić information content (AvgIpc) is 1.64. The lowest BCUT2D eigenvalue weighted by Crippen LogP contribution is -2.46. The lowest BCUT2D eigenvalue weighted by molar-refractivity contribution is 0.409. The minimum Gasteiger partial charge on any atom is -0.309 e. The fraction of sp³-hybridized carbons (Fsp3) is 0.833. The zero-order valence-corrected chi connectivity index (χ0v) is 5.39. The van der Waals surface area contributed by atoms with Gasteiger partial charge in [-0.1, -0.05) is 0 Å². The normalized spacial score (nSPS) is 39.8. The van der Waals surface area contributed by atoms with Gasteiger partial charge >= 0.3 is 0 Å². The molecule has 0 spiro atoms. The summed E-state index contributed by atoms with van der Waals surface area (Å²) in [5.41, 5.74) is 0. The Hall–Kier alpha value is -0.0800. The van der Waals surface area contributed by atoms with Crippen LogP contribution in [0.2, 0.25) is 0 Å². The summed E-state index contributed by atoms with van der Waals surface area (Å²) < 4.78 is 0. The maximum absolute atomic E-state index is 4.15. The highest BCUT2D eigenvalue weighted by Gasteiger charge is 2.12. The van der Waals surface area contributed by atoms with E-state index in [0.29, 0.717) is 12.1 Å². The van der Waals surface area contributed by atoms with Crippen molar-refractivity contribution >= 4 is 0 Å². The second-order valence-electron chi connectivity index (χ2n) is 2.37. The predicted molar refractivity (Wildman–Crippen MR) is 33.4 cm³/mol. The largest absolute Gasteiger partial charge is 0.309 e. The van der Waals surface area contributed by atoms with Crippen LogP contribution >= 0.6 is 0 Å². The maximum atomic E-state index is 4.15. The van der Waals surface area contributed by atoms with Crippen molar-refractivity contribution in [2.45, 2.75) is 25.9 Å². The van der Waals surface area contributed by atoms with E-state index in [2.05, 4.69) is 24.5 Å². The van der Waals surface area contributed by atoms with Crippen LogP contribution in [0.3, 0.4) is 0 Å². The van der Waals surface area contributed by atoms with E-state index < -0.39 is 0 Å². The lowest BCUT2D eigenvalue weighted by Gasteiger charge is -2.24. The summed E-state index contributed by atoms with van der Waals surface area (Å²) in [5, 5.41) is 7.48. The molecule has 1 N–H and O–H groups in total. The van der Waals surface area contributed by atoms with Crippen LogP contribution in [0.15, 0.2) is 0 Å². The number of rotatable bonds is 0. The Morgan fingerprint density at radius 1 is 1.62 bits per heavy atom. The van der Waals surface area contributed by atoms with Gasteiger partial charge in [0.1, 0.15) is 0 Å². The molecule has 0 aromatic heterocycles. The van der Waals surface area contributed by atoms with E-state index in [0.717, 1.165) is 6.54 Å². The van der Waals surface area contributed by atoms with Crippen LogP contribution in [-0.2, 0) is 0 Å². The van der Waals surface area contributed by atoms with E-state index in [1.54, 1.807) is 0 Å². The van der Waals surface area contributed by atoms with Crippen molar-refractivity contribution in [1.29, 1.82) is 0 Å². The van der Waals surface area contributed by atoms with Gasteiger partial charge in [-0.2, -0.15) is 0 Å². The van der Waals surface area contributed by atoms with Crippen LogP contribution in [-0.4, -0.2) is 18.6 Å². The molecule has 0 bridgehead atoms. The standard InChI is InChI=1S/C6H12N2/c1-5-3-7-4-6(2)8-5/h3,5-6,8H,4H2,1-2H3. The molecule has 1 heterocycles. The summed E-state index contributed by atoms with van der Waals surface area (Å²) in [6.07, 6.45) is 0. The summed E-state index contributed by atoms with van der Waals surface area (Å²) in [7, 11) is 0. The molecule has 46 valence electrons. The van der Waals surface area contributed by atoms with Gasteiger partial charge < -0.3 is 5.32 Å². The molecule has 1 aliphatic rings. The van der Waals surface area contributed by atoms with Crippen LogP contribution in [0.4, 0.5) is 0 Å². The van der Waals surface area contributed by atoms with E-state index in [1.165, 1.54) is 0 Å². The predicted octanol–water partition coefficient (Wildman–Crippen LogP) is 0.133. The van der Waals surface area contributed by atoms with Gasteiger partial charge in [0.25, 0.3) is 0 Å². The number of hydrogen-bond donors (Lipinski definition) is 1. The Kier molecular flexibility index (Phi) is 1.86. The minimum atomic E-state index is 0.471. The average molecular weight is 112 g/mol. The van der Waals surface area contributed by atoms with E-state index in [9.17, 15) is 0 Å². The lowest BCUT2D eigenvalue weighted by atomic mass is 10.2. The molecule has 2 unspecified atom stereocenters. The Morgan fingerprint density at radius 3 is 2.75 bits per heavy atom. The molecule has 2 atom stereocenters. The van der Waals surface area contributed by atoms with Gasteiger partial charge in [-0.05, 0) is 13.8 Å². The van der Waals surface area contributed by atoms with Crippen molar-refractivity contribution < 1.29 is 0 Å². The third-order valence-corrected chi connectivity index (χ3v) is 1.26. The third-order valence-electron chi connectivity index (χ3n) is 1.26. The summed E-state index contributed by atoms with van der Waals surface area (Å²) in [6, 6.07) is 1.04. The molecule has 1 rings (SSSR count). The summed E-state index contributed by atoms with van der Waals surface area (Å²) in [6.45, 7) is 7.15. The van der Waals surface area contributed by atoms with Crippen molar-refractivity contribution in [2.75, 3.05) is 6.54 Å². The van der Waals surface area contributed by atoms with Crippen molar-refractivity contribution in [1.82, 2.24) is 10.6 Å². The molecule has 2 heteroatoms. The van der Waals surface area contributed by atoms with Crippen molar-refractivity contribution in [3.63, 3.8) is 0 Å². The molecule has 0 saturated carbocycles. The van der Waals surface area contributed by atoms with E-state index in [4.69, 9.17) is 0 Å². The molecular weight excluding hydrogens is 100 g/mol. The van der Waals surface area contributed by atoms with Crippen molar-refractivity contribution in [3.05, 3.63) is 6.54 Å². The second kappa shape index (κ2) is 2.46. The summed E-state index contributed by atoms with van der Waals surface area (Å²) >= 11 is 0. The van der Waals surface area contributed by atoms with E-state index in [-0.39, 0.29) is 0 Å². The summed E-state index contributed by atoms with van der Waals surface area (Å²) in [4.78, 5) is 0. The van der Waals surface area contributed by atoms with Crippen LogP contribution < -0.4 is 10.6 Å². The molecule has 0 amide bonds. The molecule has 0 aliphatic carbocycles. The topological polar surface area (TPSA) is 26.1 Å². The van der Waals surface area contributed by atoms with Crippen molar-refractivity contribution in [3.8, 4) is 0 Å². The third kappa shape index (κ3) is 1.46. The van der Waals surface area contributed by atoms with Crippen LogP contribution in [0.5, 0.6) is 0 Å². The Morgan fingerprint density at radius 2 is 2.38 bits per heavy atom. The Balaban J connectivity index is 2.23. The van der Waals surface area contributed by atoms with Crippen LogP contribution in [0, 0.1) is 6.54 Å². The maximum Gasteiger partial charge on any atom is 0.0581 e. The van der Waals surface area contributed by atoms with Gasteiger partial charge in [0.05, 0.1) is 6.54 Å². The first kappa shape index (κ1) is 6.05. The number of hydrogen-bond acceptors (Lipinski definition) is 1. The van der Waals surface area contributed by atoms with E-state index in [1.807, 2.05) is 6.54 Å². The molecule has 2 nitrogen and oxygen atoms in total. The number of nitrogens with zero attached hydrogens (tertiary/aromatic N) is 1. The highest BCUT2D eigenvalue weighted by atomic mass is 15.1. The second-order valence-corrected chi connectivity index (χ2v) is 2.37. The fourth-order valence-electron chi connectivity index (χ4n) is 0.922. The number of nitrogens with one attached hydrogen (secondary N) is 1. The molecule has 0 aromatic carbocycles. The monoisotopic (exact) mass is 112 g/mol. The first-order valence-corrected chi connectivity index (χ1v) is 3.05. The highest BCUT2D eigenvalue weighted by Crippen LogP contribution is 1.96. The molecule has 1 fully saturated rings. The molecule has 1 saturated heterocycles. The van der Waals surface area contributed by atoms with Crippen LogP contribution in [0.25, 0.3) is 0 Å². The van der Waals surface area contributed by atoms with Gasteiger partial charge in [0, 0.05) is 18.6 Å².